The predicted molar refractivity (Wildman–Crippen MR) is 76.6 cm³/mol. The van der Waals surface area contributed by atoms with E-state index in [1.54, 1.807) is 0 Å². The maximum Gasteiger partial charge on any atom is 0.0480 e. The van der Waals surface area contributed by atoms with Crippen molar-refractivity contribution in [2.45, 2.75) is 44.6 Å². The molecule has 0 saturated heterocycles. The first-order valence-corrected chi connectivity index (χ1v) is 6.95. The summed E-state index contributed by atoms with van der Waals surface area (Å²) in [5, 5.41) is 1.35. The molecular weight excluding hydrogens is 220 g/mol. The van der Waals surface area contributed by atoms with Gasteiger partial charge >= 0.3 is 0 Å². The van der Waals surface area contributed by atoms with Crippen LogP contribution in [0.1, 0.15) is 43.2 Å². The molecule has 0 spiro atoms. The van der Waals surface area contributed by atoms with Crippen LogP contribution in [0.25, 0.3) is 10.9 Å². The number of benzene rings is 1. The Labute approximate surface area is 109 Å². The standard InChI is InChI=1S/C16H22N2/c1-12-11-18(2)15-7-6-13(10-14(12)15)16(17)8-4-3-5-9-16/h6-7,10-11H,3-5,8-9,17H2,1-2H3. The number of aryl methyl sites for hydroxylation is 2. The highest BCUT2D eigenvalue weighted by atomic mass is 14.9. The number of aromatic nitrogens is 1. The van der Waals surface area contributed by atoms with Gasteiger partial charge in [-0.1, -0.05) is 25.3 Å². The molecule has 0 aliphatic heterocycles. The number of nitrogens with two attached hydrogens (primary N) is 1. The Morgan fingerprint density at radius 2 is 1.89 bits per heavy atom. The second-order valence-electron chi connectivity index (χ2n) is 5.87. The van der Waals surface area contributed by atoms with Crippen molar-refractivity contribution in [1.82, 2.24) is 4.57 Å². The molecule has 1 aromatic heterocycles. The highest BCUT2D eigenvalue weighted by Gasteiger charge is 2.29. The third kappa shape index (κ3) is 1.76. The van der Waals surface area contributed by atoms with Gasteiger partial charge in [-0.3, -0.25) is 0 Å². The van der Waals surface area contributed by atoms with E-state index in [1.165, 1.54) is 41.3 Å². The van der Waals surface area contributed by atoms with E-state index in [1.807, 2.05) is 0 Å². The first kappa shape index (κ1) is 11.8. The van der Waals surface area contributed by atoms with Crippen molar-refractivity contribution >= 4 is 10.9 Å². The Balaban J connectivity index is 2.10. The van der Waals surface area contributed by atoms with Gasteiger partial charge in [-0.2, -0.15) is 0 Å². The van der Waals surface area contributed by atoms with Crippen molar-refractivity contribution in [2.24, 2.45) is 12.8 Å². The van der Waals surface area contributed by atoms with E-state index in [0.29, 0.717) is 0 Å². The molecule has 1 saturated carbocycles. The molecule has 2 heteroatoms. The van der Waals surface area contributed by atoms with E-state index < -0.39 is 0 Å². The Morgan fingerprint density at radius 3 is 2.61 bits per heavy atom. The van der Waals surface area contributed by atoms with Crippen molar-refractivity contribution < 1.29 is 0 Å². The number of rotatable bonds is 1. The van der Waals surface area contributed by atoms with Crippen molar-refractivity contribution in [3.8, 4) is 0 Å². The predicted octanol–water partition coefficient (Wildman–Crippen LogP) is 3.60. The van der Waals surface area contributed by atoms with Crippen LogP contribution in [0.15, 0.2) is 24.4 Å². The number of hydrogen-bond acceptors (Lipinski definition) is 1. The van der Waals surface area contributed by atoms with Crippen molar-refractivity contribution in [2.75, 3.05) is 0 Å². The minimum atomic E-state index is -0.0886. The highest BCUT2D eigenvalue weighted by Crippen LogP contribution is 2.36. The quantitative estimate of drug-likeness (QED) is 0.813. The van der Waals surface area contributed by atoms with E-state index in [0.717, 1.165) is 12.8 Å². The van der Waals surface area contributed by atoms with Crippen LogP contribution in [0.3, 0.4) is 0 Å². The lowest BCUT2D eigenvalue weighted by Crippen LogP contribution is -2.38. The second-order valence-corrected chi connectivity index (χ2v) is 5.87. The molecule has 1 aromatic carbocycles. The van der Waals surface area contributed by atoms with Crippen LogP contribution in [-0.2, 0) is 12.6 Å². The average Bonchev–Trinajstić information content (AvgIpc) is 2.66. The molecule has 1 aliphatic rings. The Morgan fingerprint density at radius 1 is 1.17 bits per heavy atom. The molecule has 2 aromatic rings. The van der Waals surface area contributed by atoms with Gasteiger partial charge in [0.05, 0.1) is 0 Å². The van der Waals surface area contributed by atoms with E-state index in [-0.39, 0.29) is 5.54 Å². The Kier molecular flexibility index (Phi) is 2.70. The summed E-state index contributed by atoms with van der Waals surface area (Å²) in [6.45, 7) is 2.18. The largest absolute Gasteiger partial charge is 0.350 e. The summed E-state index contributed by atoms with van der Waals surface area (Å²) in [5.74, 6) is 0. The van der Waals surface area contributed by atoms with Crippen LogP contribution in [0.2, 0.25) is 0 Å². The second kappa shape index (κ2) is 4.13. The van der Waals surface area contributed by atoms with E-state index in [2.05, 4.69) is 42.9 Å². The molecule has 0 atom stereocenters. The van der Waals surface area contributed by atoms with Gasteiger partial charge in [0.15, 0.2) is 0 Å². The highest BCUT2D eigenvalue weighted by molar-refractivity contribution is 5.84. The van der Waals surface area contributed by atoms with Gasteiger partial charge in [-0.25, -0.2) is 0 Å². The van der Waals surface area contributed by atoms with Crippen LogP contribution < -0.4 is 5.73 Å². The molecule has 0 amide bonds. The fourth-order valence-corrected chi connectivity index (χ4v) is 3.37. The van der Waals surface area contributed by atoms with Crippen LogP contribution in [0.5, 0.6) is 0 Å². The van der Waals surface area contributed by atoms with Gasteiger partial charge in [-0.05, 0) is 43.0 Å². The van der Waals surface area contributed by atoms with Gasteiger partial charge in [0.2, 0.25) is 0 Å². The van der Waals surface area contributed by atoms with E-state index in [4.69, 9.17) is 5.73 Å². The van der Waals surface area contributed by atoms with Gasteiger partial charge in [-0.15, -0.1) is 0 Å². The molecule has 1 heterocycles. The maximum absolute atomic E-state index is 6.62. The van der Waals surface area contributed by atoms with E-state index >= 15 is 0 Å². The number of nitrogens with zero attached hydrogens (tertiary/aromatic N) is 1. The Hall–Kier alpha value is -1.28. The smallest absolute Gasteiger partial charge is 0.0480 e. The molecule has 0 bridgehead atoms. The number of hydrogen-bond donors (Lipinski definition) is 1. The van der Waals surface area contributed by atoms with Gasteiger partial charge in [0.25, 0.3) is 0 Å². The normalized spacial score (nSPS) is 19.3. The van der Waals surface area contributed by atoms with Crippen molar-refractivity contribution in [3.63, 3.8) is 0 Å². The lowest BCUT2D eigenvalue weighted by molar-refractivity contribution is 0.302. The molecule has 3 rings (SSSR count). The van der Waals surface area contributed by atoms with Gasteiger partial charge in [0, 0.05) is 29.7 Å². The van der Waals surface area contributed by atoms with Gasteiger partial charge < -0.3 is 10.3 Å². The summed E-state index contributed by atoms with van der Waals surface area (Å²) >= 11 is 0. The van der Waals surface area contributed by atoms with E-state index in [9.17, 15) is 0 Å². The molecule has 1 aliphatic carbocycles. The molecule has 1 fully saturated rings. The molecule has 0 radical (unpaired) electrons. The Bertz CT molecular complexity index is 574. The summed E-state index contributed by atoms with van der Waals surface area (Å²) in [4.78, 5) is 0. The van der Waals surface area contributed by atoms with Crippen molar-refractivity contribution in [3.05, 3.63) is 35.5 Å². The first-order chi connectivity index (χ1) is 8.60. The van der Waals surface area contributed by atoms with Crippen LogP contribution >= 0.6 is 0 Å². The van der Waals surface area contributed by atoms with Crippen LogP contribution in [0, 0.1) is 6.92 Å². The maximum atomic E-state index is 6.62. The third-order valence-electron chi connectivity index (χ3n) is 4.51. The van der Waals surface area contributed by atoms with Crippen LogP contribution in [0.4, 0.5) is 0 Å². The molecule has 2 nitrogen and oxygen atoms in total. The fraction of sp³-hybridized carbons (Fsp3) is 0.500. The minimum Gasteiger partial charge on any atom is -0.350 e. The zero-order valence-electron chi connectivity index (χ0n) is 11.4. The monoisotopic (exact) mass is 242 g/mol. The van der Waals surface area contributed by atoms with Crippen LogP contribution in [-0.4, -0.2) is 4.57 Å². The first-order valence-electron chi connectivity index (χ1n) is 6.95. The fourth-order valence-electron chi connectivity index (χ4n) is 3.37. The molecule has 96 valence electrons. The lowest BCUT2D eigenvalue weighted by Gasteiger charge is -2.34. The number of fused-ring (bicyclic) bond motifs is 1. The summed E-state index contributed by atoms with van der Waals surface area (Å²) in [7, 11) is 2.10. The SMILES string of the molecule is Cc1cn(C)c2ccc(C3(N)CCCCC3)cc12. The average molecular weight is 242 g/mol. The summed E-state index contributed by atoms with van der Waals surface area (Å²) in [6, 6.07) is 6.77. The zero-order chi connectivity index (χ0) is 12.8. The molecule has 0 unspecified atom stereocenters. The summed E-state index contributed by atoms with van der Waals surface area (Å²) in [6.07, 6.45) is 8.32. The van der Waals surface area contributed by atoms with Gasteiger partial charge in [0.1, 0.15) is 0 Å². The minimum absolute atomic E-state index is 0.0886. The summed E-state index contributed by atoms with van der Waals surface area (Å²) in [5.41, 5.74) is 10.5. The summed E-state index contributed by atoms with van der Waals surface area (Å²) < 4.78 is 2.19. The zero-order valence-corrected chi connectivity index (χ0v) is 11.4. The molecule has 2 N–H and O–H groups in total. The molecule has 18 heavy (non-hydrogen) atoms. The van der Waals surface area contributed by atoms with Crippen molar-refractivity contribution in [1.29, 1.82) is 0 Å². The third-order valence-corrected chi connectivity index (χ3v) is 4.51. The molecular formula is C16H22N2. The lowest BCUT2D eigenvalue weighted by atomic mass is 9.77. The topological polar surface area (TPSA) is 30.9 Å².